The van der Waals surface area contributed by atoms with Crippen LogP contribution in [0.2, 0.25) is 0 Å². The maximum absolute atomic E-state index is 12.2. The molecular weight excluding hydrogens is 372 g/mol. The first-order valence-corrected chi connectivity index (χ1v) is 11.9. The predicted octanol–water partition coefficient (Wildman–Crippen LogP) is 3.06. The lowest BCUT2D eigenvalue weighted by molar-refractivity contribution is 0.203. The van der Waals surface area contributed by atoms with Crippen molar-refractivity contribution in [2.75, 3.05) is 33.7 Å². The van der Waals surface area contributed by atoms with Crippen LogP contribution in [0.3, 0.4) is 0 Å². The lowest BCUT2D eigenvalue weighted by Gasteiger charge is -2.33. The van der Waals surface area contributed by atoms with E-state index in [9.17, 15) is 8.42 Å². The van der Waals surface area contributed by atoms with Crippen molar-refractivity contribution < 1.29 is 8.42 Å². The Kier molecular flexibility index (Phi) is 6.65. The molecule has 1 saturated carbocycles. The number of likely N-dealkylation sites (tertiary alicyclic amines) is 1. The molecule has 0 amide bonds. The average molecular weight is 407 g/mol. The van der Waals surface area contributed by atoms with Gasteiger partial charge >= 0.3 is 0 Å². The van der Waals surface area contributed by atoms with Crippen LogP contribution in [0.5, 0.6) is 0 Å². The van der Waals surface area contributed by atoms with E-state index in [2.05, 4.69) is 17.1 Å². The van der Waals surface area contributed by atoms with Crippen molar-refractivity contribution in [2.45, 2.75) is 56.9 Å². The summed E-state index contributed by atoms with van der Waals surface area (Å²) in [6.07, 6.45) is 8.09. The predicted molar refractivity (Wildman–Crippen MR) is 114 cm³/mol. The van der Waals surface area contributed by atoms with Crippen LogP contribution in [-0.4, -0.2) is 57.3 Å². The molecule has 7 heteroatoms. The van der Waals surface area contributed by atoms with E-state index in [1.165, 1.54) is 42.8 Å². The first-order valence-electron chi connectivity index (χ1n) is 10.4. The van der Waals surface area contributed by atoms with Gasteiger partial charge in [-0.25, -0.2) is 17.7 Å². The number of guanidine groups is 1. The zero-order valence-electron chi connectivity index (χ0n) is 17.4. The quantitative estimate of drug-likeness (QED) is 0.603. The Bertz CT molecular complexity index is 781. The highest BCUT2D eigenvalue weighted by Crippen LogP contribution is 2.43. The van der Waals surface area contributed by atoms with Crippen molar-refractivity contribution in [1.82, 2.24) is 14.5 Å². The fourth-order valence-electron chi connectivity index (χ4n) is 4.40. The van der Waals surface area contributed by atoms with Crippen molar-refractivity contribution in [1.29, 1.82) is 0 Å². The topological polar surface area (TPSA) is 65.0 Å². The molecule has 0 unspecified atom stereocenters. The highest BCUT2D eigenvalue weighted by molar-refractivity contribution is 7.89. The Morgan fingerprint density at radius 1 is 1.14 bits per heavy atom. The molecule has 0 bridgehead atoms. The Morgan fingerprint density at radius 3 is 2.43 bits per heavy atom. The summed E-state index contributed by atoms with van der Waals surface area (Å²) in [5, 5.41) is 3.44. The van der Waals surface area contributed by atoms with Gasteiger partial charge in [0.2, 0.25) is 10.0 Å². The van der Waals surface area contributed by atoms with Crippen LogP contribution in [-0.2, 0) is 16.6 Å². The molecule has 1 aliphatic carbocycles. The zero-order chi connectivity index (χ0) is 20.2. The number of nitrogens with one attached hydrogen (secondary N) is 1. The van der Waals surface area contributed by atoms with Gasteiger partial charge in [-0.3, -0.25) is 0 Å². The van der Waals surface area contributed by atoms with Gasteiger partial charge in [-0.2, -0.15) is 0 Å². The van der Waals surface area contributed by atoms with Crippen molar-refractivity contribution in [3.05, 3.63) is 29.8 Å². The van der Waals surface area contributed by atoms with Gasteiger partial charge in [-0.1, -0.05) is 31.4 Å². The molecule has 1 saturated heterocycles. The second kappa shape index (κ2) is 8.82. The molecule has 0 radical (unpaired) electrons. The van der Waals surface area contributed by atoms with Crippen LogP contribution < -0.4 is 5.32 Å². The number of sulfonamides is 1. The Hall–Kier alpha value is -1.60. The second-order valence-electron chi connectivity index (χ2n) is 8.33. The maximum atomic E-state index is 12.2. The van der Waals surface area contributed by atoms with Gasteiger partial charge in [0, 0.05) is 33.7 Å². The van der Waals surface area contributed by atoms with E-state index in [0.717, 1.165) is 31.2 Å². The third kappa shape index (κ3) is 4.69. The molecule has 1 heterocycles. The third-order valence-electron chi connectivity index (χ3n) is 6.10. The molecule has 1 aromatic carbocycles. The van der Waals surface area contributed by atoms with Crippen LogP contribution in [0.25, 0.3) is 0 Å². The summed E-state index contributed by atoms with van der Waals surface area (Å²) >= 11 is 0. The minimum Gasteiger partial charge on any atom is -0.357 e. The number of rotatable bonds is 5. The number of nitrogens with zero attached hydrogens (tertiary/aromatic N) is 3. The van der Waals surface area contributed by atoms with Gasteiger partial charge in [0.25, 0.3) is 0 Å². The molecule has 2 fully saturated rings. The summed E-state index contributed by atoms with van der Waals surface area (Å²) in [5.74, 6) is 0.981. The highest BCUT2D eigenvalue weighted by atomic mass is 32.2. The van der Waals surface area contributed by atoms with E-state index in [4.69, 9.17) is 4.99 Å². The minimum absolute atomic E-state index is 0.316. The number of hydrogen-bond donors (Lipinski definition) is 1. The largest absolute Gasteiger partial charge is 0.357 e. The number of hydrogen-bond acceptors (Lipinski definition) is 3. The third-order valence-corrected chi connectivity index (χ3v) is 7.93. The molecular formula is C21H34N4O2S. The molecule has 156 valence electrons. The van der Waals surface area contributed by atoms with Gasteiger partial charge in [0.05, 0.1) is 11.4 Å². The maximum Gasteiger partial charge on any atom is 0.242 e. The summed E-state index contributed by atoms with van der Waals surface area (Å²) in [4.78, 5) is 7.57. The van der Waals surface area contributed by atoms with Crippen LogP contribution in [0.15, 0.2) is 34.2 Å². The molecule has 1 aromatic rings. The molecule has 6 nitrogen and oxygen atoms in total. The standard InChI is InChI=1S/C21H34N4O2S/c1-4-22-20(25-15-14-21(17-25)12-6-5-7-13-21)23-16-18-8-10-19(11-9-18)28(26,27)24(2)3/h8-11H,4-7,12-17H2,1-3H3,(H,22,23). The van der Waals surface area contributed by atoms with Crippen molar-refractivity contribution in [3.63, 3.8) is 0 Å². The Morgan fingerprint density at radius 2 is 1.82 bits per heavy atom. The second-order valence-corrected chi connectivity index (χ2v) is 10.5. The van der Waals surface area contributed by atoms with E-state index in [-0.39, 0.29) is 0 Å². The van der Waals surface area contributed by atoms with Crippen molar-refractivity contribution in [3.8, 4) is 0 Å². The molecule has 0 atom stereocenters. The van der Waals surface area contributed by atoms with Gasteiger partial charge < -0.3 is 10.2 Å². The molecule has 3 rings (SSSR count). The van der Waals surface area contributed by atoms with E-state index >= 15 is 0 Å². The van der Waals surface area contributed by atoms with Crippen molar-refractivity contribution >= 4 is 16.0 Å². The number of benzene rings is 1. The Labute approximate surface area is 170 Å². The molecule has 1 spiro atoms. The van der Waals surface area contributed by atoms with Gasteiger partial charge in [0.1, 0.15) is 0 Å². The fourth-order valence-corrected chi connectivity index (χ4v) is 5.30. The highest BCUT2D eigenvalue weighted by Gasteiger charge is 2.39. The van der Waals surface area contributed by atoms with Crippen LogP contribution >= 0.6 is 0 Å². The Balaban J connectivity index is 1.68. The first kappa shape index (κ1) is 21.1. The SMILES string of the molecule is CCNC(=NCc1ccc(S(=O)(=O)N(C)C)cc1)N1CCC2(CCCCC2)C1. The summed E-state index contributed by atoms with van der Waals surface area (Å²) in [6, 6.07) is 7.05. The first-order chi connectivity index (χ1) is 13.4. The number of aliphatic imine (C=N–C) groups is 1. The molecule has 1 N–H and O–H groups in total. The summed E-state index contributed by atoms with van der Waals surface area (Å²) in [6.45, 7) is 5.68. The van der Waals surface area contributed by atoms with E-state index < -0.39 is 10.0 Å². The van der Waals surface area contributed by atoms with Crippen LogP contribution in [0, 0.1) is 5.41 Å². The van der Waals surface area contributed by atoms with E-state index in [0.29, 0.717) is 16.9 Å². The molecule has 1 aliphatic heterocycles. The van der Waals surface area contributed by atoms with E-state index in [1.807, 2.05) is 12.1 Å². The zero-order valence-corrected chi connectivity index (χ0v) is 18.3. The van der Waals surface area contributed by atoms with Gasteiger partial charge in [0.15, 0.2) is 5.96 Å². The minimum atomic E-state index is -3.39. The van der Waals surface area contributed by atoms with Crippen molar-refractivity contribution in [2.24, 2.45) is 10.4 Å². The smallest absolute Gasteiger partial charge is 0.242 e. The average Bonchev–Trinajstić information content (AvgIpc) is 3.09. The van der Waals surface area contributed by atoms with Gasteiger partial charge in [-0.05, 0) is 49.3 Å². The molecule has 2 aliphatic rings. The van der Waals surface area contributed by atoms with Gasteiger partial charge in [-0.15, -0.1) is 0 Å². The lowest BCUT2D eigenvalue weighted by Crippen LogP contribution is -2.41. The molecule has 0 aromatic heterocycles. The fraction of sp³-hybridized carbons (Fsp3) is 0.667. The van der Waals surface area contributed by atoms with E-state index in [1.54, 1.807) is 26.2 Å². The summed E-state index contributed by atoms with van der Waals surface area (Å²) in [7, 11) is -0.292. The van der Waals surface area contributed by atoms with Crippen LogP contribution in [0.1, 0.15) is 51.0 Å². The van der Waals surface area contributed by atoms with Crippen LogP contribution in [0.4, 0.5) is 0 Å². The summed E-state index contributed by atoms with van der Waals surface area (Å²) in [5.41, 5.74) is 1.51. The lowest BCUT2D eigenvalue weighted by atomic mass is 9.73. The monoisotopic (exact) mass is 406 g/mol. The normalized spacial score (nSPS) is 20.1. The summed E-state index contributed by atoms with van der Waals surface area (Å²) < 4.78 is 25.6. The molecule has 28 heavy (non-hydrogen) atoms.